The van der Waals surface area contributed by atoms with E-state index in [0.29, 0.717) is 63.4 Å². The summed E-state index contributed by atoms with van der Waals surface area (Å²) >= 11 is 7.27. The number of anilines is 2. The van der Waals surface area contributed by atoms with Crippen LogP contribution >= 0.6 is 23.6 Å². The molecule has 2 N–H and O–H groups in total. The van der Waals surface area contributed by atoms with Gasteiger partial charge in [-0.15, -0.1) is 11.3 Å². The Morgan fingerprint density at radius 2 is 1.63 bits per heavy atom. The number of unbranched alkanes of at least 4 members (excludes halogenated alkanes) is 1. The van der Waals surface area contributed by atoms with Crippen molar-refractivity contribution in [3.63, 3.8) is 0 Å². The van der Waals surface area contributed by atoms with Crippen molar-refractivity contribution in [1.82, 2.24) is 20.5 Å². The number of hydrogen-bond acceptors (Lipinski definition) is 10. The lowest BCUT2D eigenvalue weighted by Gasteiger charge is -2.35. The van der Waals surface area contributed by atoms with E-state index in [0.717, 1.165) is 49.9 Å². The fraction of sp³-hybridized carbons (Fsp3) is 0.377. The molecule has 0 aliphatic carbocycles. The zero-order valence-corrected chi connectivity index (χ0v) is 42.0. The van der Waals surface area contributed by atoms with Crippen LogP contribution in [-0.4, -0.2) is 82.6 Å². The molecule has 13 nitrogen and oxygen atoms in total. The summed E-state index contributed by atoms with van der Waals surface area (Å²) < 4.78 is 53.1. The van der Waals surface area contributed by atoms with Crippen molar-refractivity contribution in [2.24, 2.45) is 5.41 Å². The molecule has 2 aliphatic rings. The van der Waals surface area contributed by atoms with Crippen molar-refractivity contribution in [2.45, 2.75) is 97.6 Å². The maximum absolute atomic E-state index is 14.0. The summed E-state index contributed by atoms with van der Waals surface area (Å²) in [6.07, 6.45) is -2.34. The van der Waals surface area contributed by atoms with E-state index in [1.54, 1.807) is 53.2 Å². The number of thiazole rings is 1. The number of nitriles is 1. The molecule has 0 bridgehead atoms. The van der Waals surface area contributed by atoms with Gasteiger partial charge in [-0.25, -0.2) is 4.98 Å². The third kappa shape index (κ3) is 11.9. The Hall–Kier alpha value is -6.68. The van der Waals surface area contributed by atoms with Crippen molar-refractivity contribution >= 4 is 63.7 Å². The summed E-state index contributed by atoms with van der Waals surface area (Å²) in [6, 6.07) is 25.9. The van der Waals surface area contributed by atoms with Crippen molar-refractivity contribution in [3.05, 3.63) is 119 Å². The molecular weight excluding hydrogens is 952 g/mol. The van der Waals surface area contributed by atoms with Gasteiger partial charge in [-0.2, -0.15) is 18.4 Å². The van der Waals surface area contributed by atoms with Gasteiger partial charge in [-0.05, 0) is 129 Å². The maximum atomic E-state index is 14.0. The number of rotatable bonds is 17. The number of aromatic nitrogens is 1. The van der Waals surface area contributed by atoms with Gasteiger partial charge in [0.15, 0.2) is 5.11 Å². The third-order valence-electron chi connectivity index (χ3n) is 12.5. The zero-order chi connectivity index (χ0) is 51.3. The second kappa shape index (κ2) is 21.8. The maximum Gasteiger partial charge on any atom is 0.417 e. The van der Waals surface area contributed by atoms with Gasteiger partial charge < -0.3 is 29.9 Å². The first-order valence-corrected chi connectivity index (χ1v) is 24.6. The largest absolute Gasteiger partial charge is 0.494 e. The number of carbonyl (C=O) groups is 4. The highest BCUT2D eigenvalue weighted by Crippen LogP contribution is 2.40. The first-order chi connectivity index (χ1) is 33.7. The van der Waals surface area contributed by atoms with E-state index < -0.39 is 52.2 Å². The van der Waals surface area contributed by atoms with Crippen LogP contribution in [0.1, 0.15) is 82.7 Å². The minimum Gasteiger partial charge on any atom is -0.494 e. The van der Waals surface area contributed by atoms with Gasteiger partial charge in [-0.3, -0.25) is 24.1 Å². The van der Waals surface area contributed by atoms with Gasteiger partial charge in [0.1, 0.15) is 30.0 Å². The molecule has 372 valence electrons. The van der Waals surface area contributed by atoms with Crippen LogP contribution in [0.4, 0.5) is 24.5 Å². The monoisotopic (exact) mass is 1010 g/mol. The molecule has 2 aliphatic heterocycles. The van der Waals surface area contributed by atoms with Gasteiger partial charge in [0.25, 0.3) is 5.91 Å². The fourth-order valence-electron chi connectivity index (χ4n) is 8.67. The average Bonchev–Trinajstić information content (AvgIpc) is 4.05. The number of aryl methyl sites for hydroxylation is 1. The Balaban J connectivity index is 0.851. The van der Waals surface area contributed by atoms with E-state index in [1.807, 2.05) is 93.9 Å². The topological polar surface area (TPSA) is 157 Å². The van der Waals surface area contributed by atoms with Crippen LogP contribution < -0.4 is 25.2 Å². The number of likely N-dealkylation sites (tertiary alicyclic amines) is 1. The molecule has 71 heavy (non-hydrogen) atoms. The fourth-order valence-corrected chi connectivity index (χ4v) is 10.0. The number of hydrogen-bond donors (Lipinski definition) is 2. The smallest absolute Gasteiger partial charge is 0.417 e. The predicted octanol–water partition coefficient (Wildman–Crippen LogP) is 9.61. The molecule has 3 heterocycles. The molecule has 5 aromatic rings. The number of carbonyl (C=O) groups excluding carboxylic acids is 4. The summed E-state index contributed by atoms with van der Waals surface area (Å²) in [5.41, 5.74) is 3.41. The minimum atomic E-state index is -4.81. The lowest BCUT2D eigenvalue weighted by atomic mass is 9.85. The SMILES string of the molecule is Cc1ncsc1-c1ccc(CNC(=O)[C@@H]2CCCN2C(=O)C(NC(=O)COCCCCOc2cccc(-c3ccc(N4C(=S)N(c5ccc(C#N)c(C(F)(F)F)c5)C(=O)C4(C)C)cc3)c2)C(C)(C)C)cc1. The van der Waals surface area contributed by atoms with E-state index in [-0.39, 0.29) is 29.2 Å². The van der Waals surface area contributed by atoms with E-state index in [2.05, 4.69) is 15.6 Å². The number of thiocarbonyl (C=S) groups is 1. The van der Waals surface area contributed by atoms with Gasteiger partial charge in [-0.1, -0.05) is 69.3 Å². The van der Waals surface area contributed by atoms with Gasteiger partial charge >= 0.3 is 6.18 Å². The molecule has 7 rings (SSSR count). The molecule has 1 unspecified atom stereocenters. The summed E-state index contributed by atoms with van der Waals surface area (Å²) in [6.45, 7) is 12.1. The highest BCUT2D eigenvalue weighted by atomic mass is 32.1. The molecule has 2 atom stereocenters. The minimum absolute atomic E-state index is 0.00289. The quantitative estimate of drug-likeness (QED) is 0.0679. The lowest BCUT2D eigenvalue weighted by molar-refractivity contribution is -0.144. The molecule has 0 saturated carbocycles. The van der Waals surface area contributed by atoms with Crippen molar-refractivity contribution in [2.75, 3.05) is 36.2 Å². The predicted molar refractivity (Wildman–Crippen MR) is 270 cm³/mol. The number of benzene rings is 4. The number of nitrogens with one attached hydrogen (secondary N) is 2. The Morgan fingerprint density at radius 1 is 0.944 bits per heavy atom. The van der Waals surface area contributed by atoms with Gasteiger partial charge in [0.05, 0.1) is 45.6 Å². The average molecular weight is 1010 g/mol. The molecule has 1 aromatic heterocycles. The van der Waals surface area contributed by atoms with Crippen LogP contribution in [0.5, 0.6) is 5.75 Å². The van der Waals surface area contributed by atoms with Crippen LogP contribution in [0.2, 0.25) is 0 Å². The number of amides is 4. The van der Waals surface area contributed by atoms with E-state index in [9.17, 15) is 37.6 Å². The number of ether oxygens (including phenoxy) is 2. The summed E-state index contributed by atoms with van der Waals surface area (Å²) in [5, 5.41) is 15.1. The molecule has 4 amide bonds. The number of alkyl halides is 3. The van der Waals surface area contributed by atoms with Crippen molar-refractivity contribution in [1.29, 1.82) is 5.26 Å². The first-order valence-electron chi connectivity index (χ1n) is 23.3. The Kier molecular flexibility index (Phi) is 16.0. The highest BCUT2D eigenvalue weighted by Gasteiger charge is 2.51. The standard InChI is InChI=1S/C53H56F3N7O6S2/c1-33-45(71-32-59-33)36-16-14-34(15-17-36)30-58-47(65)43-13-10-24-61(43)48(66)46(51(2,3)4)60-44(64)31-68-25-7-8-26-69-41-12-9-11-37(27-41)35-18-21-39(22-19-35)63-50(70)62(49(67)52(63,5)6)40-23-20-38(29-57)42(28-40)53(54,55)56/h9,11-12,14-23,27-28,32,43,46H,7-8,10,13,24-26,30-31H2,1-6H3,(H,58,65)(H,60,64)/t43-,46?/m0/s1. The van der Waals surface area contributed by atoms with Crippen LogP contribution in [-0.2, 0) is 36.6 Å². The summed E-state index contributed by atoms with van der Waals surface area (Å²) in [5.74, 6) is -0.835. The summed E-state index contributed by atoms with van der Waals surface area (Å²) in [7, 11) is 0. The third-order valence-corrected chi connectivity index (χ3v) is 13.9. The summed E-state index contributed by atoms with van der Waals surface area (Å²) in [4.78, 5) is 63.9. The second-order valence-corrected chi connectivity index (χ2v) is 20.3. The van der Waals surface area contributed by atoms with Gasteiger partial charge in [0, 0.05) is 25.4 Å². The van der Waals surface area contributed by atoms with Crippen LogP contribution in [0.25, 0.3) is 21.6 Å². The highest BCUT2D eigenvalue weighted by molar-refractivity contribution is 7.81. The lowest BCUT2D eigenvalue weighted by Crippen LogP contribution is -2.58. The van der Waals surface area contributed by atoms with Crippen molar-refractivity contribution in [3.8, 4) is 33.4 Å². The van der Waals surface area contributed by atoms with Crippen LogP contribution in [0.15, 0.2) is 96.5 Å². The molecule has 18 heteroatoms. The molecular formula is C53H56F3N7O6S2. The Labute approximate surface area is 420 Å². The van der Waals surface area contributed by atoms with Crippen LogP contribution in [0.3, 0.4) is 0 Å². The second-order valence-electron chi connectivity index (χ2n) is 19.1. The number of nitrogens with zero attached hydrogens (tertiary/aromatic N) is 5. The zero-order valence-electron chi connectivity index (χ0n) is 40.4. The van der Waals surface area contributed by atoms with Crippen molar-refractivity contribution < 1.29 is 41.8 Å². The normalized spacial score (nSPS) is 16.2. The van der Waals surface area contributed by atoms with Gasteiger partial charge in [0.2, 0.25) is 17.7 Å². The Morgan fingerprint density at radius 3 is 2.30 bits per heavy atom. The molecule has 2 fully saturated rings. The molecule has 4 aromatic carbocycles. The first kappa shape index (κ1) is 52.2. The number of halogens is 3. The van der Waals surface area contributed by atoms with E-state index in [1.165, 1.54) is 6.07 Å². The van der Waals surface area contributed by atoms with Crippen LogP contribution in [0, 0.1) is 23.7 Å². The van der Waals surface area contributed by atoms with E-state index in [4.69, 9.17) is 21.7 Å². The molecule has 0 spiro atoms. The molecule has 0 radical (unpaired) electrons. The Bertz CT molecular complexity index is 2820. The molecule has 2 saturated heterocycles. The van der Waals surface area contributed by atoms with E-state index >= 15 is 0 Å².